The lowest BCUT2D eigenvalue weighted by atomic mass is 10.7. The van der Waals surface area contributed by atoms with Crippen molar-refractivity contribution < 1.29 is 24.1 Å². The molecule has 66 valence electrons. The van der Waals surface area contributed by atoms with Crippen LogP contribution in [0.1, 0.15) is 6.92 Å². The third-order valence-corrected chi connectivity index (χ3v) is 0.687. The SMILES string of the molecule is C#CCOOC(=O)COC(C)=O. The summed E-state index contributed by atoms with van der Waals surface area (Å²) in [6.45, 7) is 0.571. The first-order chi connectivity index (χ1) is 5.66. The van der Waals surface area contributed by atoms with Gasteiger partial charge in [0, 0.05) is 6.92 Å². The van der Waals surface area contributed by atoms with Gasteiger partial charge in [-0.15, -0.1) is 6.42 Å². The minimum absolute atomic E-state index is 0.133. The van der Waals surface area contributed by atoms with E-state index in [4.69, 9.17) is 6.42 Å². The minimum atomic E-state index is -0.805. The van der Waals surface area contributed by atoms with Crippen LogP contribution in [-0.2, 0) is 24.1 Å². The quantitative estimate of drug-likeness (QED) is 0.191. The second-order valence-electron chi connectivity index (χ2n) is 1.70. The number of hydrogen-bond donors (Lipinski definition) is 0. The molecule has 0 fully saturated rings. The lowest BCUT2D eigenvalue weighted by molar-refractivity contribution is -0.266. The van der Waals surface area contributed by atoms with Crippen molar-refractivity contribution in [1.82, 2.24) is 0 Å². The molecule has 0 saturated heterocycles. The van der Waals surface area contributed by atoms with Gasteiger partial charge in [-0.2, -0.15) is 4.89 Å². The average molecular weight is 172 g/mol. The van der Waals surface area contributed by atoms with E-state index in [1.54, 1.807) is 0 Å². The molecule has 0 heterocycles. The lowest BCUT2D eigenvalue weighted by Crippen LogP contribution is -2.15. The maximum absolute atomic E-state index is 10.5. The molecule has 0 amide bonds. The van der Waals surface area contributed by atoms with Crippen LogP contribution in [0.4, 0.5) is 0 Å². The number of rotatable bonds is 4. The molecule has 0 aliphatic carbocycles. The molecule has 0 aromatic heterocycles. The van der Waals surface area contributed by atoms with Gasteiger partial charge >= 0.3 is 11.9 Å². The summed E-state index contributed by atoms with van der Waals surface area (Å²) in [4.78, 5) is 29.0. The molecule has 0 N–H and O–H groups in total. The van der Waals surface area contributed by atoms with Gasteiger partial charge in [0.15, 0.2) is 13.2 Å². The Morgan fingerprint density at radius 3 is 2.67 bits per heavy atom. The molecule has 0 unspecified atom stereocenters. The molecule has 0 atom stereocenters. The molecule has 12 heavy (non-hydrogen) atoms. The van der Waals surface area contributed by atoms with Gasteiger partial charge in [-0.3, -0.25) is 9.68 Å². The van der Waals surface area contributed by atoms with Crippen LogP contribution in [0.2, 0.25) is 0 Å². The molecule has 0 spiro atoms. The number of ether oxygens (including phenoxy) is 1. The Kier molecular flexibility index (Phi) is 5.39. The number of terminal acetylenes is 1. The normalized spacial score (nSPS) is 8.33. The van der Waals surface area contributed by atoms with Crippen molar-refractivity contribution in [3.05, 3.63) is 0 Å². The molecule has 0 rings (SSSR count). The highest BCUT2D eigenvalue weighted by Gasteiger charge is 2.05. The van der Waals surface area contributed by atoms with Crippen LogP contribution in [0.25, 0.3) is 0 Å². The summed E-state index contributed by atoms with van der Waals surface area (Å²) < 4.78 is 4.29. The second-order valence-corrected chi connectivity index (χ2v) is 1.70. The summed E-state index contributed by atoms with van der Waals surface area (Å²) in [5.74, 6) is 0.710. The second kappa shape index (κ2) is 6.19. The van der Waals surface area contributed by atoms with Gasteiger partial charge in [0.25, 0.3) is 0 Å². The van der Waals surface area contributed by atoms with Crippen LogP contribution in [0.3, 0.4) is 0 Å². The van der Waals surface area contributed by atoms with E-state index in [0.29, 0.717) is 0 Å². The molecule has 0 radical (unpaired) electrons. The van der Waals surface area contributed by atoms with Crippen molar-refractivity contribution in [2.45, 2.75) is 6.92 Å². The Labute approximate surface area is 69.5 Å². The van der Waals surface area contributed by atoms with Crippen LogP contribution >= 0.6 is 0 Å². The Morgan fingerprint density at radius 2 is 2.17 bits per heavy atom. The fourth-order valence-electron chi connectivity index (χ4n) is 0.314. The molecular formula is C7H8O5. The van der Waals surface area contributed by atoms with Gasteiger partial charge in [-0.05, 0) is 0 Å². The summed E-state index contributed by atoms with van der Waals surface area (Å²) in [6.07, 6.45) is 4.79. The van der Waals surface area contributed by atoms with Crippen molar-refractivity contribution in [2.75, 3.05) is 13.2 Å². The van der Waals surface area contributed by atoms with Crippen molar-refractivity contribution >= 4 is 11.9 Å². The molecule has 0 aromatic carbocycles. The monoisotopic (exact) mass is 172 g/mol. The zero-order chi connectivity index (χ0) is 9.40. The number of esters is 1. The Morgan fingerprint density at radius 1 is 1.50 bits per heavy atom. The van der Waals surface area contributed by atoms with Crippen LogP contribution in [0.5, 0.6) is 0 Å². The third-order valence-electron chi connectivity index (χ3n) is 0.687. The number of carbonyl (C=O) groups is 2. The topological polar surface area (TPSA) is 61.8 Å². The fraction of sp³-hybridized carbons (Fsp3) is 0.429. The molecule has 0 saturated carbocycles. The predicted molar refractivity (Wildman–Crippen MR) is 37.5 cm³/mol. The van der Waals surface area contributed by atoms with Gasteiger partial charge in [0.2, 0.25) is 0 Å². The summed E-state index contributed by atoms with van der Waals surface area (Å²) in [7, 11) is 0. The number of hydrogen-bond acceptors (Lipinski definition) is 5. The summed E-state index contributed by atoms with van der Waals surface area (Å²) in [6, 6.07) is 0. The van der Waals surface area contributed by atoms with Crippen LogP contribution in [-0.4, -0.2) is 25.2 Å². The van der Waals surface area contributed by atoms with E-state index in [1.807, 2.05) is 0 Å². The molecule has 0 aliphatic heterocycles. The molecule has 0 bridgehead atoms. The molecular weight excluding hydrogens is 164 g/mol. The van der Waals surface area contributed by atoms with E-state index in [-0.39, 0.29) is 6.61 Å². The maximum Gasteiger partial charge on any atom is 0.379 e. The van der Waals surface area contributed by atoms with Crippen molar-refractivity contribution in [1.29, 1.82) is 0 Å². The Bertz CT molecular complexity index is 202. The predicted octanol–water partition coefficient (Wildman–Crippen LogP) is -0.343. The fourth-order valence-corrected chi connectivity index (χ4v) is 0.314. The van der Waals surface area contributed by atoms with E-state index in [2.05, 4.69) is 20.4 Å². The standard InChI is InChI=1S/C7H8O5/c1-3-4-11-12-7(9)5-10-6(2)8/h1H,4-5H2,2H3. The highest BCUT2D eigenvalue weighted by Crippen LogP contribution is 1.83. The van der Waals surface area contributed by atoms with Gasteiger partial charge in [0.05, 0.1) is 0 Å². The van der Waals surface area contributed by atoms with Gasteiger partial charge in [0.1, 0.15) is 0 Å². The third kappa shape index (κ3) is 6.58. The van der Waals surface area contributed by atoms with Crippen molar-refractivity contribution in [3.8, 4) is 12.3 Å². The Hall–Kier alpha value is -1.54. The molecule has 5 nitrogen and oxygen atoms in total. The van der Waals surface area contributed by atoms with Gasteiger partial charge in [-0.1, -0.05) is 5.92 Å². The van der Waals surface area contributed by atoms with Crippen LogP contribution in [0.15, 0.2) is 0 Å². The van der Waals surface area contributed by atoms with Crippen molar-refractivity contribution in [2.24, 2.45) is 0 Å². The minimum Gasteiger partial charge on any atom is -0.454 e. The summed E-state index contributed by atoms with van der Waals surface area (Å²) in [5, 5.41) is 0. The van der Waals surface area contributed by atoms with E-state index in [0.717, 1.165) is 0 Å². The van der Waals surface area contributed by atoms with E-state index < -0.39 is 18.5 Å². The highest BCUT2D eigenvalue weighted by atomic mass is 17.2. The van der Waals surface area contributed by atoms with E-state index in [1.165, 1.54) is 6.92 Å². The zero-order valence-corrected chi connectivity index (χ0v) is 6.53. The van der Waals surface area contributed by atoms with Crippen molar-refractivity contribution in [3.63, 3.8) is 0 Å². The summed E-state index contributed by atoms with van der Waals surface area (Å²) >= 11 is 0. The Balaban J connectivity index is 3.35. The van der Waals surface area contributed by atoms with Crippen LogP contribution < -0.4 is 0 Å². The zero-order valence-electron chi connectivity index (χ0n) is 6.53. The molecule has 0 aliphatic rings. The first kappa shape index (κ1) is 10.5. The van der Waals surface area contributed by atoms with E-state index in [9.17, 15) is 9.59 Å². The van der Waals surface area contributed by atoms with Crippen LogP contribution in [0, 0.1) is 12.3 Å². The summed E-state index contributed by atoms with van der Waals surface area (Å²) in [5.41, 5.74) is 0. The van der Waals surface area contributed by atoms with Gasteiger partial charge < -0.3 is 4.74 Å². The first-order valence-corrected chi connectivity index (χ1v) is 3.06. The largest absolute Gasteiger partial charge is 0.454 e. The first-order valence-electron chi connectivity index (χ1n) is 3.06. The number of carbonyl (C=O) groups excluding carboxylic acids is 2. The highest BCUT2D eigenvalue weighted by molar-refractivity contribution is 5.74. The molecule has 0 aromatic rings. The van der Waals surface area contributed by atoms with E-state index >= 15 is 0 Å². The average Bonchev–Trinajstić information content (AvgIpc) is 2.01. The lowest BCUT2D eigenvalue weighted by Gasteiger charge is -2.00. The molecule has 5 heteroatoms. The maximum atomic E-state index is 10.5. The van der Waals surface area contributed by atoms with Gasteiger partial charge in [-0.25, -0.2) is 4.79 Å². The smallest absolute Gasteiger partial charge is 0.379 e.